The van der Waals surface area contributed by atoms with Gasteiger partial charge in [-0.05, 0) is 60.2 Å². The number of anilines is 1. The van der Waals surface area contributed by atoms with Crippen LogP contribution in [0, 0.1) is 10.5 Å². The first-order valence-electron chi connectivity index (χ1n) is 7.80. The van der Waals surface area contributed by atoms with E-state index in [2.05, 4.69) is 38.1 Å². The van der Waals surface area contributed by atoms with Crippen LogP contribution in [0.5, 0.6) is 0 Å². The van der Waals surface area contributed by atoms with Crippen molar-refractivity contribution in [3.8, 4) is 0 Å². The first-order valence-corrected chi connectivity index (χ1v) is 8.88. The smallest absolute Gasteiger partial charge is 0.317 e. The molecule has 2 rings (SSSR count). The van der Waals surface area contributed by atoms with Crippen LogP contribution in [0.25, 0.3) is 0 Å². The summed E-state index contributed by atoms with van der Waals surface area (Å²) in [6, 6.07) is 5.93. The van der Waals surface area contributed by atoms with E-state index in [1.165, 1.54) is 0 Å². The van der Waals surface area contributed by atoms with Crippen LogP contribution in [0.15, 0.2) is 18.2 Å². The van der Waals surface area contributed by atoms with Gasteiger partial charge in [-0.3, -0.25) is 9.69 Å². The average molecular weight is 430 g/mol. The summed E-state index contributed by atoms with van der Waals surface area (Å²) in [5, 5.41) is 5.77. The van der Waals surface area contributed by atoms with Crippen molar-refractivity contribution in [2.24, 2.45) is 0 Å². The summed E-state index contributed by atoms with van der Waals surface area (Å²) in [4.78, 5) is 27.8. The van der Waals surface area contributed by atoms with Gasteiger partial charge in [0.05, 0.1) is 6.54 Å². The number of carbonyl (C=O) groups excluding carboxylic acids is 2. The van der Waals surface area contributed by atoms with E-state index in [1.807, 2.05) is 32.0 Å². The second kappa shape index (κ2) is 8.49. The Balaban J connectivity index is 1.79. The maximum absolute atomic E-state index is 12.2. The Morgan fingerprint density at radius 1 is 1.22 bits per heavy atom. The molecule has 3 amide bonds. The molecule has 1 aliphatic heterocycles. The predicted octanol–water partition coefficient (Wildman–Crippen LogP) is 1.89. The normalized spacial score (nSPS) is 15.3. The van der Waals surface area contributed by atoms with Gasteiger partial charge >= 0.3 is 6.03 Å². The number of rotatable bonds is 4. The van der Waals surface area contributed by atoms with Gasteiger partial charge in [0.2, 0.25) is 5.91 Å². The zero-order chi connectivity index (χ0) is 16.8. The van der Waals surface area contributed by atoms with E-state index in [4.69, 9.17) is 0 Å². The molecule has 0 atom stereocenters. The van der Waals surface area contributed by atoms with Crippen molar-refractivity contribution in [1.29, 1.82) is 0 Å². The molecule has 23 heavy (non-hydrogen) atoms. The van der Waals surface area contributed by atoms with E-state index in [0.717, 1.165) is 27.9 Å². The van der Waals surface area contributed by atoms with Crippen molar-refractivity contribution in [3.63, 3.8) is 0 Å². The predicted molar refractivity (Wildman–Crippen MR) is 99.6 cm³/mol. The highest BCUT2D eigenvalue weighted by atomic mass is 127. The van der Waals surface area contributed by atoms with Crippen LogP contribution in [0.1, 0.15) is 12.5 Å². The fourth-order valence-electron chi connectivity index (χ4n) is 2.53. The Hall–Kier alpha value is -1.35. The second-order valence-corrected chi connectivity index (χ2v) is 6.85. The lowest BCUT2D eigenvalue weighted by molar-refractivity contribution is -0.117. The van der Waals surface area contributed by atoms with Crippen LogP contribution in [0.2, 0.25) is 0 Å². The monoisotopic (exact) mass is 430 g/mol. The van der Waals surface area contributed by atoms with Crippen LogP contribution in [-0.2, 0) is 4.79 Å². The highest BCUT2D eigenvalue weighted by molar-refractivity contribution is 14.1. The molecule has 0 unspecified atom stereocenters. The van der Waals surface area contributed by atoms with Gasteiger partial charge in [-0.1, -0.05) is 0 Å². The molecule has 0 bridgehead atoms. The van der Waals surface area contributed by atoms with Gasteiger partial charge in [0.25, 0.3) is 0 Å². The maximum Gasteiger partial charge on any atom is 0.317 e. The van der Waals surface area contributed by atoms with Crippen molar-refractivity contribution >= 4 is 40.2 Å². The minimum Gasteiger partial charge on any atom is -0.338 e. The van der Waals surface area contributed by atoms with Gasteiger partial charge in [0, 0.05) is 42.0 Å². The van der Waals surface area contributed by atoms with Gasteiger partial charge in [-0.15, -0.1) is 0 Å². The summed E-state index contributed by atoms with van der Waals surface area (Å²) in [5.74, 6) is -0.0132. The third-order valence-electron chi connectivity index (χ3n) is 3.82. The van der Waals surface area contributed by atoms with E-state index in [-0.39, 0.29) is 11.9 Å². The third kappa shape index (κ3) is 5.35. The number of amides is 3. The first kappa shape index (κ1) is 18.0. The molecule has 7 heteroatoms. The van der Waals surface area contributed by atoms with Crippen molar-refractivity contribution in [3.05, 3.63) is 27.3 Å². The molecule has 0 radical (unpaired) electrons. The minimum absolute atomic E-state index is 0.0132. The molecule has 0 spiro atoms. The Morgan fingerprint density at radius 2 is 1.91 bits per heavy atom. The molecule has 1 aliphatic rings. The van der Waals surface area contributed by atoms with Crippen molar-refractivity contribution < 1.29 is 9.59 Å². The fourth-order valence-corrected chi connectivity index (χ4v) is 3.18. The van der Waals surface area contributed by atoms with Gasteiger partial charge < -0.3 is 15.5 Å². The molecule has 1 fully saturated rings. The SMILES string of the molecule is CCNC(=O)N1CCN(CC(=O)Nc2ccc(I)cc2C)CC1. The van der Waals surface area contributed by atoms with Gasteiger partial charge in [0.15, 0.2) is 0 Å². The molecule has 1 saturated heterocycles. The summed E-state index contributed by atoms with van der Waals surface area (Å²) in [5.41, 5.74) is 1.92. The molecule has 1 heterocycles. The molecule has 126 valence electrons. The second-order valence-electron chi connectivity index (χ2n) is 5.61. The summed E-state index contributed by atoms with van der Waals surface area (Å²) >= 11 is 2.25. The number of benzene rings is 1. The van der Waals surface area contributed by atoms with E-state index in [0.29, 0.717) is 26.2 Å². The van der Waals surface area contributed by atoms with Gasteiger partial charge in [-0.25, -0.2) is 4.79 Å². The Labute approximate surface area is 150 Å². The maximum atomic E-state index is 12.2. The minimum atomic E-state index is -0.0221. The van der Waals surface area contributed by atoms with Crippen LogP contribution in [0.4, 0.5) is 10.5 Å². The number of hydrogen-bond acceptors (Lipinski definition) is 3. The number of nitrogens with zero attached hydrogens (tertiary/aromatic N) is 2. The zero-order valence-electron chi connectivity index (χ0n) is 13.6. The average Bonchev–Trinajstić information content (AvgIpc) is 2.51. The van der Waals surface area contributed by atoms with Gasteiger partial charge in [-0.2, -0.15) is 0 Å². The summed E-state index contributed by atoms with van der Waals surface area (Å²) < 4.78 is 1.15. The lowest BCUT2D eigenvalue weighted by atomic mass is 10.2. The van der Waals surface area contributed by atoms with Gasteiger partial charge in [0.1, 0.15) is 0 Å². The van der Waals surface area contributed by atoms with E-state index in [1.54, 1.807) is 4.90 Å². The molecular formula is C16H23IN4O2. The lowest BCUT2D eigenvalue weighted by Gasteiger charge is -2.34. The van der Waals surface area contributed by atoms with E-state index >= 15 is 0 Å². The number of urea groups is 1. The zero-order valence-corrected chi connectivity index (χ0v) is 15.7. The van der Waals surface area contributed by atoms with Crippen LogP contribution in [0.3, 0.4) is 0 Å². The number of hydrogen-bond donors (Lipinski definition) is 2. The molecule has 1 aromatic carbocycles. The van der Waals surface area contributed by atoms with Crippen LogP contribution < -0.4 is 10.6 Å². The molecule has 1 aromatic rings. The Kier molecular flexibility index (Phi) is 6.64. The number of aryl methyl sites for hydroxylation is 1. The Morgan fingerprint density at radius 3 is 2.52 bits per heavy atom. The highest BCUT2D eigenvalue weighted by Crippen LogP contribution is 2.17. The summed E-state index contributed by atoms with van der Waals surface area (Å²) in [6.45, 7) is 7.63. The standard InChI is InChI=1S/C16H23IN4O2/c1-3-18-16(23)21-8-6-20(7-9-21)11-15(22)19-14-5-4-13(17)10-12(14)2/h4-5,10H,3,6-9,11H2,1-2H3,(H,18,23)(H,19,22). The van der Waals surface area contributed by atoms with E-state index < -0.39 is 0 Å². The largest absolute Gasteiger partial charge is 0.338 e. The first-order chi connectivity index (χ1) is 11.0. The Bertz CT molecular complexity index is 571. The number of piperazine rings is 1. The quantitative estimate of drug-likeness (QED) is 0.718. The van der Waals surface area contributed by atoms with E-state index in [9.17, 15) is 9.59 Å². The van der Waals surface area contributed by atoms with Crippen molar-refractivity contribution in [2.75, 3.05) is 44.6 Å². The number of nitrogens with one attached hydrogen (secondary N) is 2. The molecule has 0 aliphatic carbocycles. The molecular weight excluding hydrogens is 407 g/mol. The lowest BCUT2D eigenvalue weighted by Crippen LogP contribution is -2.53. The highest BCUT2D eigenvalue weighted by Gasteiger charge is 2.22. The van der Waals surface area contributed by atoms with Crippen molar-refractivity contribution in [1.82, 2.24) is 15.1 Å². The third-order valence-corrected chi connectivity index (χ3v) is 4.49. The molecule has 0 aromatic heterocycles. The topological polar surface area (TPSA) is 64.7 Å². The summed E-state index contributed by atoms with van der Waals surface area (Å²) in [7, 11) is 0. The fraction of sp³-hybridized carbons (Fsp3) is 0.500. The number of carbonyl (C=O) groups is 2. The van der Waals surface area contributed by atoms with Crippen LogP contribution in [-0.4, -0.2) is 61.0 Å². The van der Waals surface area contributed by atoms with Crippen LogP contribution >= 0.6 is 22.6 Å². The molecule has 0 saturated carbocycles. The number of halogens is 1. The van der Waals surface area contributed by atoms with Crippen molar-refractivity contribution in [2.45, 2.75) is 13.8 Å². The molecule has 2 N–H and O–H groups in total. The summed E-state index contributed by atoms with van der Waals surface area (Å²) in [6.07, 6.45) is 0. The molecule has 6 nitrogen and oxygen atoms in total.